The molecule has 8 nitrogen and oxygen atoms in total. The highest BCUT2D eigenvalue weighted by atomic mass is 16.5. The summed E-state index contributed by atoms with van der Waals surface area (Å²) in [5, 5.41) is 2.68. The number of imide groups is 1. The van der Waals surface area contributed by atoms with Crippen molar-refractivity contribution >= 4 is 23.5 Å². The van der Waals surface area contributed by atoms with Crippen molar-refractivity contribution in [3.63, 3.8) is 0 Å². The van der Waals surface area contributed by atoms with E-state index in [1.54, 1.807) is 0 Å². The SMILES string of the molecule is CCC1CC(=O)N(CCC(=O)NCCOCCOCC(=O)C(C)C)C1=O. The van der Waals surface area contributed by atoms with Gasteiger partial charge in [0.1, 0.15) is 6.61 Å². The Morgan fingerprint density at radius 1 is 1.19 bits per heavy atom. The first-order valence-electron chi connectivity index (χ1n) is 9.15. The third-order valence-corrected chi connectivity index (χ3v) is 4.22. The number of carbonyl (C=O) groups excluding carboxylic acids is 4. The van der Waals surface area contributed by atoms with Crippen molar-refractivity contribution in [1.29, 1.82) is 0 Å². The molecule has 0 spiro atoms. The fourth-order valence-corrected chi connectivity index (χ4v) is 2.43. The number of ether oxygens (including phenoxy) is 2. The van der Waals surface area contributed by atoms with E-state index >= 15 is 0 Å². The molecule has 26 heavy (non-hydrogen) atoms. The second kappa shape index (κ2) is 11.7. The molecular weight excluding hydrogens is 340 g/mol. The summed E-state index contributed by atoms with van der Waals surface area (Å²) in [4.78, 5) is 48.0. The van der Waals surface area contributed by atoms with Crippen LogP contribution in [0.15, 0.2) is 0 Å². The lowest BCUT2D eigenvalue weighted by Crippen LogP contribution is -2.36. The molecule has 0 bridgehead atoms. The summed E-state index contributed by atoms with van der Waals surface area (Å²) < 4.78 is 10.5. The van der Waals surface area contributed by atoms with Crippen molar-refractivity contribution in [2.24, 2.45) is 11.8 Å². The minimum atomic E-state index is -0.239. The van der Waals surface area contributed by atoms with Gasteiger partial charge in [0.15, 0.2) is 5.78 Å². The first-order valence-corrected chi connectivity index (χ1v) is 9.15. The third-order valence-electron chi connectivity index (χ3n) is 4.22. The molecule has 0 saturated carbocycles. The molecule has 0 radical (unpaired) electrons. The molecule has 1 N–H and O–H groups in total. The van der Waals surface area contributed by atoms with Crippen LogP contribution < -0.4 is 5.32 Å². The molecule has 0 aromatic rings. The lowest BCUT2D eigenvalue weighted by molar-refractivity contribution is -0.139. The van der Waals surface area contributed by atoms with Gasteiger partial charge in [0.25, 0.3) is 0 Å². The van der Waals surface area contributed by atoms with Crippen LogP contribution in [0.1, 0.15) is 40.0 Å². The van der Waals surface area contributed by atoms with Crippen molar-refractivity contribution in [3.8, 4) is 0 Å². The molecule has 0 aliphatic carbocycles. The van der Waals surface area contributed by atoms with Crippen molar-refractivity contribution in [2.75, 3.05) is 39.5 Å². The molecule has 1 atom stereocenters. The van der Waals surface area contributed by atoms with E-state index in [2.05, 4.69) is 5.32 Å². The number of nitrogens with zero attached hydrogens (tertiary/aromatic N) is 1. The number of carbonyl (C=O) groups is 4. The molecule has 1 aliphatic heterocycles. The number of amides is 3. The summed E-state index contributed by atoms with van der Waals surface area (Å²) in [6.45, 7) is 7.06. The van der Waals surface area contributed by atoms with Gasteiger partial charge in [-0.1, -0.05) is 20.8 Å². The second-order valence-corrected chi connectivity index (χ2v) is 6.58. The van der Waals surface area contributed by atoms with Crippen molar-refractivity contribution in [1.82, 2.24) is 10.2 Å². The minimum absolute atomic E-state index is 0.0369. The van der Waals surface area contributed by atoms with Crippen LogP contribution in [0.2, 0.25) is 0 Å². The lowest BCUT2D eigenvalue weighted by Gasteiger charge is -2.14. The highest BCUT2D eigenvalue weighted by Crippen LogP contribution is 2.22. The van der Waals surface area contributed by atoms with Gasteiger partial charge in [0.05, 0.1) is 19.8 Å². The largest absolute Gasteiger partial charge is 0.377 e. The Kier molecular flexibility index (Phi) is 10.0. The first kappa shape index (κ1) is 22.2. The molecule has 1 fully saturated rings. The average Bonchev–Trinajstić information content (AvgIpc) is 2.88. The van der Waals surface area contributed by atoms with Gasteiger partial charge in [-0.05, 0) is 6.42 Å². The van der Waals surface area contributed by atoms with E-state index in [9.17, 15) is 19.2 Å². The predicted octanol–water partition coefficient (Wildman–Crippen LogP) is 0.536. The lowest BCUT2D eigenvalue weighted by atomic mass is 10.1. The van der Waals surface area contributed by atoms with E-state index in [0.29, 0.717) is 32.8 Å². The van der Waals surface area contributed by atoms with Gasteiger partial charge in [-0.15, -0.1) is 0 Å². The quantitative estimate of drug-likeness (QED) is 0.375. The topological polar surface area (TPSA) is 102 Å². The van der Waals surface area contributed by atoms with Gasteiger partial charge in [-0.3, -0.25) is 24.1 Å². The molecule has 148 valence electrons. The zero-order valence-corrected chi connectivity index (χ0v) is 15.9. The van der Waals surface area contributed by atoms with Gasteiger partial charge in [-0.25, -0.2) is 0 Å². The van der Waals surface area contributed by atoms with Crippen LogP contribution in [0.5, 0.6) is 0 Å². The molecule has 8 heteroatoms. The minimum Gasteiger partial charge on any atom is -0.377 e. The average molecular weight is 370 g/mol. The molecule has 1 rings (SSSR count). The number of likely N-dealkylation sites (tertiary alicyclic amines) is 1. The number of ketones is 1. The summed E-state index contributed by atoms with van der Waals surface area (Å²) in [6.07, 6.45) is 0.976. The molecule has 1 heterocycles. The summed E-state index contributed by atoms with van der Waals surface area (Å²) in [5.41, 5.74) is 0. The second-order valence-electron chi connectivity index (χ2n) is 6.58. The van der Waals surface area contributed by atoms with E-state index in [0.717, 1.165) is 0 Å². The maximum absolute atomic E-state index is 11.9. The van der Waals surface area contributed by atoms with Gasteiger partial charge < -0.3 is 14.8 Å². The van der Waals surface area contributed by atoms with Crippen molar-refractivity contribution in [3.05, 3.63) is 0 Å². The summed E-state index contributed by atoms with van der Waals surface area (Å²) in [7, 11) is 0. The van der Waals surface area contributed by atoms with Gasteiger partial charge in [0.2, 0.25) is 17.7 Å². The fourth-order valence-electron chi connectivity index (χ4n) is 2.43. The van der Waals surface area contributed by atoms with Crippen molar-refractivity contribution in [2.45, 2.75) is 40.0 Å². The van der Waals surface area contributed by atoms with E-state index in [-0.39, 0.29) is 61.3 Å². The van der Waals surface area contributed by atoms with Crippen LogP contribution in [-0.2, 0) is 28.7 Å². The zero-order chi connectivity index (χ0) is 19.5. The highest BCUT2D eigenvalue weighted by molar-refractivity contribution is 6.03. The summed E-state index contributed by atoms with van der Waals surface area (Å²) >= 11 is 0. The Morgan fingerprint density at radius 2 is 1.88 bits per heavy atom. The van der Waals surface area contributed by atoms with Crippen LogP contribution in [0, 0.1) is 11.8 Å². The summed E-state index contributed by atoms with van der Waals surface area (Å²) in [5.74, 6) is -0.828. The van der Waals surface area contributed by atoms with Crippen LogP contribution in [0.4, 0.5) is 0 Å². The maximum atomic E-state index is 11.9. The monoisotopic (exact) mass is 370 g/mol. The Morgan fingerprint density at radius 3 is 2.50 bits per heavy atom. The first-order chi connectivity index (χ1) is 12.4. The van der Waals surface area contributed by atoms with Gasteiger partial charge >= 0.3 is 0 Å². The fraction of sp³-hybridized carbons (Fsp3) is 0.778. The predicted molar refractivity (Wildman–Crippen MR) is 94.2 cm³/mol. The van der Waals surface area contributed by atoms with E-state index in [1.807, 2.05) is 20.8 Å². The Bertz CT molecular complexity index is 506. The normalized spacial score (nSPS) is 17.2. The molecule has 1 unspecified atom stereocenters. The van der Waals surface area contributed by atoms with Crippen LogP contribution in [0.3, 0.4) is 0 Å². The van der Waals surface area contributed by atoms with E-state index < -0.39 is 0 Å². The number of Topliss-reactive ketones (excluding diaryl/α,β-unsaturated/α-hetero) is 1. The molecule has 1 saturated heterocycles. The molecular formula is C18H30N2O6. The van der Waals surface area contributed by atoms with E-state index in [4.69, 9.17) is 9.47 Å². The molecule has 3 amide bonds. The van der Waals surface area contributed by atoms with Crippen LogP contribution in [-0.4, -0.2) is 67.9 Å². The smallest absolute Gasteiger partial charge is 0.232 e. The Balaban J connectivity index is 2.03. The molecule has 0 aromatic carbocycles. The van der Waals surface area contributed by atoms with Crippen molar-refractivity contribution < 1.29 is 28.7 Å². The third kappa shape index (κ3) is 7.61. The van der Waals surface area contributed by atoms with Gasteiger partial charge in [0, 0.05) is 37.8 Å². The Hall–Kier alpha value is -1.80. The number of hydrogen-bond acceptors (Lipinski definition) is 6. The van der Waals surface area contributed by atoms with Crippen LogP contribution >= 0.6 is 0 Å². The van der Waals surface area contributed by atoms with E-state index in [1.165, 1.54) is 4.90 Å². The number of nitrogens with one attached hydrogen (secondary N) is 1. The Labute approximate surface area is 154 Å². The number of hydrogen-bond donors (Lipinski definition) is 1. The standard InChI is InChI=1S/C18H30N2O6/c1-4-14-11-17(23)20(18(14)24)7-5-16(22)19-6-8-25-9-10-26-12-15(21)13(2)3/h13-14H,4-12H2,1-3H3,(H,19,22). The molecule has 1 aliphatic rings. The summed E-state index contributed by atoms with van der Waals surface area (Å²) in [6, 6.07) is 0. The maximum Gasteiger partial charge on any atom is 0.232 e. The highest BCUT2D eigenvalue weighted by Gasteiger charge is 2.36. The van der Waals surface area contributed by atoms with Gasteiger partial charge in [-0.2, -0.15) is 0 Å². The number of rotatable bonds is 13. The zero-order valence-electron chi connectivity index (χ0n) is 15.9. The molecule has 0 aromatic heterocycles. The van der Waals surface area contributed by atoms with Crippen LogP contribution in [0.25, 0.3) is 0 Å².